The van der Waals surface area contributed by atoms with Gasteiger partial charge >= 0.3 is 17.1 Å². The quantitative estimate of drug-likeness (QED) is 0.0857. The van der Waals surface area contributed by atoms with Gasteiger partial charge in [0.2, 0.25) is 12.8 Å². The molecule has 0 saturated carbocycles. The minimum Gasteiger partial charge on any atom is -0.857 e. The predicted octanol–water partition coefficient (Wildman–Crippen LogP) is 0.833. The Morgan fingerprint density at radius 2 is 0.918 bits per heavy atom. The summed E-state index contributed by atoms with van der Waals surface area (Å²) in [7, 11) is 6.75. The zero-order valence-electron chi connectivity index (χ0n) is 27.5. The van der Waals surface area contributed by atoms with E-state index < -0.39 is 11.8 Å². The molecule has 4 rings (SSSR count). The second-order valence-corrected chi connectivity index (χ2v) is 9.59. The van der Waals surface area contributed by atoms with Gasteiger partial charge in [-0.1, -0.05) is 24.3 Å². The molecule has 0 fully saturated rings. The fourth-order valence-electron chi connectivity index (χ4n) is 2.64. The van der Waals surface area contributed by atoms with E-state index in [0.29, 0.717) is 33.9 Å². The Labute approximate surface area is 294 Å². The number of nitrogens with zero attached hydrogens (tertiary/aromatic N) is 10. The van der Waals surface area contributed by atoms with Crippen molar-refractivity contribution in [2.75, 3.05) is 28.2 Å². The molecule has 0 aliphatic rings. The molecule has 16 nitrogen and oxygen atoms in total. The second-order valence-electron chi connectivity index (χ2n) is 9.59. The first-order chi connectivity index (χ1) is 22.9. The molecule has 4 aromatic rings. The molecule has 0 aliphatic heterocycles. The Balaban J connectivity index is 0.000000727. The molecule has 0 spiro atoms. The normalized spacial score (nSPS) is 11.1. The van der Waals surface area contributed by atoms with Gasteiger partial charge in [-0.3, -0.25) is 29.5 Å². The first-order valence-electron chi connectivity index (χ1n) is 13.8. The number of carbonyl (C=O) groups excluding carboxylic acids is 2. The summed E-state index contributed by atoms with van der Waals surface area (Å²) < 4.78 is 0. The van der Waals surface area contributed by atoms with Gasteiger partial charge in [0.25, 0.3) is 0 Å². The van der Waals surface area contributed by atoms with E-state index in [9.17, 15) is 19.8 Å². The summed E-state index contributed by atoms with van der Waals surface area (Å²) in [6, 6.07) is 11.6. The van der Waals surface area contributed by atoms with E-state index in [1.165, 1.54) is 70.7 Å². The van der Waals surface area contributed by atoms with Gasteiger partial charge in [0.15, 0.2) is 0 Å². The Morgan fingerprint density at radius 1 is 0.612 bits per heavy atom. The fraction of sp³-hybridized carbons (Fsp3) is 0.188. The third-order valence-corrected chi connectivity index (χ3v) is 5.10. The molecule has 2 aromatic carbocycles. The smallest absolute Gasteiger partial charge is 0.857 e. The van der Waals surface area contributed by atoms with Crippen LogP contribution in [0.15, 0.2) is 106 Å². The van der Waals surface area contributed by atoms with E-state index in [1.807, 2.05) is 0 Å². The minimum atomic E-state index is -0.483. The summed E-state index contributed by atoms with van der Waals surface area (Å²) in [5.41, 5.74) is 2.83. The van der Waals surface area contributed by atoms with Gasteiger partial charge < -0.3 is 30.2 Å². The number of phenols is 2. The Bertz CT molecular complexity index is 1530. The Morgan fingerprint density at radius 3 is 1.16 bits per heavy atom. The maximum Gasteiger partial charge on any atom is 2.00 e. The van der Waals surface area contributed by atoms with E-state index in [0.717, 1.165) is 12.8 Å². The van der Waals surface area contributed by atoms with Crippen molar-refractivity contribution in [3.63, 3.8) is 0 Å². The molecule has 17 heteroatoms. The number of aromatic hydroxyl groups is 2. The van der Waals surface area contributed by atoms with Gasteiger partial charge in [-0.15, -0.1) is 0 Å². The van der Waals surface area contributed by atoms with Crippen LogP contribution in [0.25, 0.3) is 0 Å². The molecule has 1 radical (unpaired) electrons. The van der Waals surface area contributed by atoms with Crippen molar-refractivity contribution in [1.82, 2.24) is 29.7 Å². The topological polar surface area (TPSA) is 228 Å². The van der Waals surface area contributed by atoms with Gasteiger partial charge in [0.05, 0.1) is 23.8 Å². The summed E-state index contributed by atoms with van der Waals surface area (Å²) in [5.74, 6) is -0.780. The number of rotatable bonds is 8. The summed E-state index contributed by atoms with van der Waals surface area (Å²) in [4.78, 5) is 37.6. The summed E-state index contributed by atoms with van der Waals surface area (Å²) in [6.07, 6.45) is 10.8. The number of benzene rings is 2. The molecule has 0 bridgehead atoms. The zero-order valence-corrected chi connectivity index (χ0v) is 28.5. The van der Waals surface area contributed by atoms with Crippen molar-refractivity contribution < 1.29 is 47.1 Å². The average Bonchev–Trinajstić information content (AvgIpc) is 3.11. The van der Waals surface area contributed by atoms with E-state index >= 15 is 0 Å². The minimum absolute atomic E-state index is 0. The zero-order chi connectivity index (χ0) is 35.9. The van der Waals surface area contributed by atoms with Crippen LogP contribution in [0.2, 0.25) is 0 Å². The molecule has 2 heterocycles. The molecular formula is C32H36CuN10O6. The van der Waals surface area contributed by atoms with Crippen LogP contribution in [0, 0.1) is 0 Å². The molecule has 261 valence electrons. The number of amides is 2. The van der Waals surface area contributed by atoms with E-state index in [2.05, 4.69) is 40.3 Å². The van der Waals surface area contributed by atoms with Crippen LogP contribution in [0.1, 0.15) is 36.4 Å². The molecule has 2 amide bonds. The molecule has 49 heavy (non-hydrogen) atoms. The van der Waals surface area contributed by atoms with Crippen LogP contribution in [0.3, 0.4) is 0 Å². The van der Waals surface area contributed by atoms with Crippen molar-refractivity contribution in [3.05, 3.63) is 108 Å². The second kappa shape index (κ2) is 24.2. The van der Waals surface area contributed by atoms with Gasteiger partial charge in [-0.05, 0) is 49.2 Å². The molecule has 0 saturated heterocycles. The summed E-state index contributed by atoms with van der Waals surface area (Å²) >= 11 is 0. The standard InChI is InChI=1S/2C13H12N4O2.2C3H7NO.Cu/c2*1-9(12-8-14-6-7-15-12)16-17-13(19)10-2-4-11(18)5-3-10;2*1-4(2)3-5;/h2*2-8,18H,1H3,(H,17,19);2*3H,1-2H3;/q;;;;+2/p-2/b2*16-9+;;;. The molecule has 0 unspecified atom stereocenters. The van der Waals surface area contributed by atoms with Gasteiger partial charge in [0, 0.05) is 64.8 Å². The monoisotopic (exact) mass is 719 g/mol. The Hall–Kier alpha value is -6.06. The number of carbonyl (C=O) groups is 2. The maximum atomic E-state index is 11.7. The van der Waals surface area contributed by atoms with Crippen molar-refractivity contribution in [2.45, 2.75) is 13.8 Å². The average molecular weight is 720 g/mol. The Kier molecular flexibility index (Phi) is 21.2. The van der Waals surface area contributed by atoms with E-state index in [4.69, 9.17) is 10.2 Å². The first kappa shape index (κ1) is 42.9. The van der Waals surface area contributed by atoms with Crippen LogP contribution in [0.4, 0.5) is 0 Å². The fourth-order valence-corrected chi connectivity index (χ4v) is 2.64. The molecular weight excluding hydrogens is 684 g/mol. The number of hydrogen-bond donors (Lipinski definition) is 2. The first-order valence-corrected chi connectivity index (χ1v) is 13.8. The summed E-state index contributed by atoms with van der Waals surface area (Å²) in [6.45, 7) is 3.38. The molecule has 0 aliphatic carbocycles. The van der Waals surface area contributed by atoms with Crippen LogP contribution >= 0.6 is 0 Å². The third-order valence-electron chi connectivity index (χ3n) is 5.10. The van der Waals surface area contributed by atoms with Crippen LogP contribution in [-0.2, 0) is 26.7 Å². The van der Waals surface area contributed by atoms with Crippen molar-refractivity contribution in [2.24, 2.45) is 20.4 Å². The largest absolute Gasteiger partial charge is 2.00 e. The van der Waals surface area contributed by atoms with Crippen LogP contribution < -0.4 is 10.2 Å². The number of aromatic nitrogens is 4. The van der Waals surface area contributed by atoms with Crippen molar-refractivity contribution in [3.8, 4) is 11.5 Å². The van der Waals surface area contributed by atoms with Crippen molar-refractivity contribution in [1.29, 1.82) is 0 Å². The number of hydrogen-bond acceptors (Lipinski definition) is 14. The molecule has 2 aromatic heterocycles. The van der Waals surface area contributed by atoms with Gasteiger partial charge in [-0.2, -0.15) is 20.4 Å². The van der Waals surface area contributed by atoms with E-state index in [-0.39, 0.29) is 28.6 Å². The van der Waals surface area contributed by atoms with E-state index in [1.54, 1.807) is 66.8 Å². The van der Waals surface area contributed by atoms with Gasteiger partial charge in [0.1, 0.15) is 22.9 Å². The SMILES string of the molecule is C/C(=N\N=C(/[O-])c1ccc(O)cc1)c1cnccn1.C/C(=N\N=C(/[O-])c1ccc(O)cc1)c1cnccn1.CN(C)C=O.CN(C)C=O.[Cu+2]. The number of phenolic OH excluding ortho intramolecular Hbond substituents is 2. The van der Waals surface area contributed by atoms with Crippen LogP contribution in [-0.4, -0.2) is 104 Å². The molecule has 2 N–H and O–H groups in total. The van der Waals surface area contributed by atoms with Crippen LogP contribution in [0.5, 0.6) is 11.5 Å². The molecule has 0 atom stereocenters. The third kappa shape index (κ3) is 18.6. The maximum absolute atomic E-state index is 11.7. The summed E-state index contributed by atoms with van der Waals surface area (Å²) in [5, 5.41) is 56.5. The predicted molar refractivity (Wildman–Crippen MR) is 177 cm³/mol. The van der Waals surface area contributed by atoms with Crippen molar-refractivity contribution >= 4 is 36.0 Å². The van der Waals surface area contributed by atoms with Gasteiger partial charge in [-0.25, -0.2) is 0 Å².